The Labute approximate surface area is 126 Å². The van der Waals surface area contributed by atoms with Crippen molar-refractivity contribution in [1.82, 2.24) is 9.97 Å². The van der Waals surface area contributed by atoms with Gasteiger partial charge >= 0.3 is 0 Å². The molecule has 6 nitrogen and oxygen atoms in total. The number of hydrogen-bond donors (Lipinski definition) is 4. The molecule has 0 aromatic carbocycles. The van der Waals surface area contributed by atoms with Crippen LogP contribution in [0.1, 0.15) is 56.8 Å². The lowest BCUT2D eigenvalue weighted by atomic mass is 9.96. The Kier molecular flexibility index (Phi) is 5.36. The first-order chi connectivity index (χ1) is 10.1. The molecule has 0 saturated heterocycles. The summed E-state index contributed by atoms with van der Waals surface area (Å²) in [5.74, 6) is 8.58. The van der Waals surface area contributed by atoms with Crippen molar-refractivity contribution >= 4 is 11.6 Å². The summed E-state index contributed by atoms with van der Waals surface area (Å²) in [7, 11) is 0. The molecule has 0 amide bonds. The lowest BCUT2D eigenvalue weighted by Gasteiger charge is -2.21. The number of aromatic nitrogens is 2. The van der Waals surface area contributed by atoms with Crippen LogP contribution in [0.25, 0.3) is 0 Å². The molecule has 118 valence electrons. The topological polar surface area (TPSA) is 96.1 Å². The van der Waals surface area contributed by atoms with Crippen LogP contribution in [0.3, 0.4) is 0 Å². The number of aliphatic hydroxyl groups is 1. The molecule has 1 aromatic rings. The van der Waals surface area contributed by atoms with E-state index in [1.807, 2.05) is 6.92 Å². The first-order valence-electron chi connectivity index (χ1n) is 7.87. The molecule has 1 saturated carbocycles. The van der Waals surface area contributed by atoms with E-state index in [-0.39, 0.29) is 6.10 Å². The molecule has 1 aromatic heterocycles. The largest absolute Gasteiger partial charge is 0.391 e. The van der Waals surface area contributed by atoms with E-state index in [2.05, 4.69) is 34.6 Å². The van der Waals surface area contributed by atoms with Crippen molar-refractivity contribution in [2.45, 2.75) is 58.5 Å². The van der Waals surface area contributed by atoms with Gasteiger partial charge in [0.15, 0.2) is 0 Å². The van der Waals surface area contributed by atoms with Crippen LogP contribution >= 0.6 is 0 Å². The van der Waals surface area contributed by atoms with E-state index in [1.54, 1.807) is 0 Å². The lowest BCUT2D eigenvalue weighted by Crippen LogP contribution is -2.28. The van der Waals surface area contributed by atoms with Gasteiger partial charge in [0.1, 0.15) is 17.5 Å². The van der Waals surface area contributed by atoms with Crippen molar-refractivity contribution in [3.05, 3.63) is 11.4 Å². The summed E-state index contributed by atoms with van der Waals surface area (Å²) < 4.78 is 0. The van der Waals surface area contributed by atoms with E-state index in [4.69, 9.17) is 5.84 Å². The van der Waals surface area contributed by atoms with E-state index in [9.17, 15) is 5.11 Å². The van der Waals surface area contributed by atoms with Gasteiger partial charge in [-0.15, -0.1) is 0 Å². The second kappa shape index (κ2) is 7.04. The second-order valence-corrected chi connectivity index (χ2v) is 5.85. The fraction of sp³-hybridized carbons (Fsp3) is 0.733. The van der Waals surface area contributed by atoms with Crippen LogP contribution in [0.2, 0.25) is 0 Å². The molecule has 0 radical (unpaired) electrons. The number of anilines is 2. The molecule has 1 aliphatic rings. The van der Waals surface area contributed by atoms with Gasteiger partial charge in [0.2, 0.25) is 0 Å². The van der Waals surface area contributed by atoms with Crippen molar-refractivity contribution in [3.63, 3.8) is 0 Å². The number of nitrogens with one attached hydrogen (secondary N) is 2. The maximum absolute atomic E-state index is 10.2. The highest BCUT2D eigenvalue weighted by Gasteiger charge is 2.28. The Hall–Kier alpha value is -1.40. The third kappa shape index (κ3) is 3.83. The quantitative estimate of drug-likeness (QED) is 0.433. The summed E-state index contributed by atoms with van der Waals surface area (Å²) >= 11 is 0. The van der Waals surface area contributed by atoms with Crippen molar-refractivity contribution in [1.29, 1.82) is 0 Å². The zero-order valence-corrected chi connectivity index (χ0v) is 13.2. The van der Waals surface area contributed by atoms with Gasteiger partial charge in [0, 0.05) is 18.0 Å². The molecule has 2 rings (SSSR count). The number of nitrogens with zero attached hydrogens (tertiary/aromatic N) is 2. The fourth-order valence-corrected chi connectivity index (χ4v) is 2.57. The highest BCUT2D eigenvalue weighted by Crippen LogP contribution is 2.39. The maximum atomic E-state index is 10.2. The molecular weight excluding hydrogens is 266 g/mol. The van der Waals surface area contributed by atoms with Crippen LogP contribution in [-0.4, -0.2) is 27.7 Å². The predicted octanol–water partition coefficient (Wildman–Crippen LogP) is 2.16. The normalized spacial score (nSPS) is 16.1. The highest BCUT2D eigenvalue weighted by molar-refractivity contribution is 5.57. The van der Waals surface area contributed by atoms with E-state index < -0.39 is 0 Å². The smallest absolute Gasteiger partial charge is 0.148 e. The zero-order valence-electron chi connectivity index (χ0n) is 13.2. The standard InChI is InChI=1S/C15H27N5O/c1-4-10(5-2)12(21)8-17-13-9(3)14(20-16)19-15(18-13)11-6-7-11/h10-12,21H,4-8,16H2,1-3H3,(H2,17,18,19,20). The summed E-state index contributed by atoms with van der Waals surface area (Å²) in [6.45, 7) is 6.64. The molecule has 0 aliphatic heterocycles. The number of rotatable bonds is 8. The number of nitrogens with two attached hydrogens (primary N) is 1. The van der Waals surface area contributed by atoms with E-state index in [1.165, 1.54) is 0 Å². The molecular formula is C15H27N5O. The summed E-state index contributed by atoms with van der Waals surface area (Å²) in [6.07, 6.45) is 3.87. The number of hydrogen-bond acceptors (Lipinski definition) is 6. The minimum Gasteiger partial charge on any atom is -0.391 e. The first kappa shape index (κ1) is 16.0. The van der Waals surface area contributed by atoms with Crippen LogP contribution in [-0.2, 0) is 0 Å². The van der Waals surface area contributed by atoms with Gasteiger partial charge in [-0.25, -0.2) is 15.8 Å². The Morgan fingerprint density at radius 2 is 1.86 bits per heavy atom. The molecule has 0 bridgehead atoms. The maximum Gasteiger partial charge on any atom is 0.148 e. The zero-order chi connectivity index (χ0) is 15.4. The number of nitrogen functional groups attached to an aromatic ring is 1. The summed E-state index contributed by atoms with van der Waals surface area (Å²) in [6, 6.07) is 0. The second-order valence-electron chi connectivity index (χ2n) is 5.85. The molecule has 1 fully saturated rings. The monoisotopic (exact) mass is 293 g/mol. The average molecular weight is 293 g/mol. The van der Waals surface area contributed by atoms with Gasteiger partial charge in [0.05, 0.1) is 6.10 Å². The van der Waals surface area contributed by atoms with Crippen molar-refractivity contribution < 1.29 is 5.11 Å². The van der Waals surface area contributed by atoms with Gasteiger partial charge in [0.25, 0.3) is 0 Å². The minimum absolute atomic E-state index is 0.314. The lowest BCUT2D eigenvalue weighted by molar-refractivity contribution is 0.114. The number of hydrazine groups is 1. The molecule has 1 atom stereocenters. The van der Waals surface area contributed by atoms with Gasteiger partial charge in [-0.3, -0.25) is 0 Å². The molecule has 5 N–H and O–H groups in total. The number of aliphatic hydroxyl groups excluding tert-OH is 1. The fourth-order valence-electron chi connectivity index (χ4n) is 2.57. The summed E-state index contributed by atoms with van der Waals surface area (Å²) in [4.78, 5) is 9.06. The van der Waals surface area contributed by atoms with E-state index in [0.29, 0.717) is 24.2 Å². The summed E-state index contributed by atoms with van der Waals surface area (Å²) in [5, 5.41) is 13.5. The third-order valence-corrected chi connectivity index (χ3v) is 4.31. The Morgan fingerprint density at radius 3 is 2.38 bits per heavy atom. The van der Waals surface area contributed by atoms with E-state index in [0.717, 1.165) is 42.9 Å². The Balaban J connectivity index is 2.09. The van der Waals surface area contributed by atoms with Crippen molar-refractivity contribution in [3.8, 4) is 0 Å². The van der Waals surface area contributed by atoms with E-state index >= 15 is 0 Å². The molecule has 1 aliphatic carbocycles. The van der Waals surface area contributed by atoms with Crippen LogP contribution in [0.4, 0.5) is 11.6 Å². The predicted molar refractivity (Wildman–Crippen MR) is 85.1 cm³/mol. The molecule has 1 heterocycles. The molecule has 21 heavy (non-hydrogen) atoms. The minimum atomic E-state index is -0.368. The third-order valence-electron chi connectivity index (χ3n) is 4.31. The van der Waals surface area contributed by atoms with Crippen LogP contribution in [0.15, 0.2) is 0 Å². The summed E-state index contributed by atoms with van der Waals surface area (Å²) in [5.41, 5.74) is 3.53. The van der Waals surface area contributed by atoms with Gasteiger partial charge < -0.3 is 15.8 Å². The van der Waals surface area contributed by atoms with Crippen LogP contribution in [0, 0.1) is 12.8 Å². The molecule has 0 spiro atoms. The Bertz CT molecular complexity index is 471. The van der Waals surface area contributed by atoms with Gasteiger partial charge in [-0.2, -0.15) is 0 Å². The van der Waals surface area contributed by atoms with Crippen molar-refractivity contribution in [2.75, 3.05) is 17.3 Å². The van der Waals surface area contributed by atoms with Crippen LogP contribution < -0.4 is 16.6 Å². The van der Waals surface area contributed by atoms with Crippen LogP contribution in [0.5, 0.6) is 0 Å². The first-order valence-corrected chi connectivity index (χ1v) is 7.87. The van der Waals surface area contributed by atoms with Gasteiger partial charge in [-0.05, 0) is 25.7 Å². The van der Waals surface area contributed by atoms with Gasteiger partial charge in [-0.1, -0.05) is 26.7 Å². The Morgan fingerprint density at radius 1 is 1.24 bits per heavy atom. The molecule has 1 unspecified atom stereocenters. The average Bonchev–Trinajstić information content (AvgIpc) is 3.32. The highest BCUT2D eigenvalue weighted by atomic mass is 16.3. The SMILES string of the molecule is CCC(CC)C(O)CNc1nc(C2CC2)nc(NN)c1C. The molecule has 6 heteroatoms. The van der Waals surface area contributed by atoms with Crippen molar-refractivity contribution in [2.24, 2.45) is 11.8 Å².